The van der Waals surface area contributed by atoms with Crippen LogP contribution in [0.4, 0.5) is 0 Å². The van der Waals surface area contributed by atoms with Crippen LogP contribution in [0.15, 0.2) is 21.7 Å². The lowest BCUT2D eigenvalue weighted by molar-refractivity contribution is 0.500. The van der Waals surface area contributed by atoms with Crippen LogP contribution >= 0.6 is 35.3 Å². The van der Waals surface area contributed by atoms with E-state index in [9.17, 15) is 0 Å². The molecule has 0 saturated carbocycles. The molecule has 0 bridgehead atoms. The average molecular weight is 434 g/mol. The van der Waals surface area contributed by atoms with E-state index in [1.165, 1.54) is 4.88 Å². The van der Waals surface area contributed by atoms with Crippen molar-refractivity contribution in [3.8, 4) is 0 Å². The van der Waals surface area contributed by atoms with Gasteiger partial charge in [0.25, 0.3) is 0 Å². The van der Waals surface area contributed by atoms with E-state index in [0.717, 1.165) is 41.0 Å². The van der Waals surface area contributed by atoms with Crippen molar-refractivity contribution in [2.45, 2.75) is 33.7 Å². The van der Waals surface area contributed by atoms with Gasteiger partial charge in [-0.3, -0.25) is 4.99 Å². The Kier molecular flexibility index (Phi) is 7.88. The number of furan rings is 1. The first-order valence-corrected chi connectivity index (χ1v) is 7.82. The molecular weight excluding hydrogens is 411 g/mol. The van der Waals surface area contributed by atoms with Gasteiger partial charge in [0.2, 0.25) is 0 Å². The monoisotopic (exact) mass is 434 g/mol. The lowest BCUT2D eigenvalue weighted by Crippen LogP contribution is -2.37. The third-order valence-corrected chi connectivity index (χ3v) is 4.09. The molecule has 0 aliphatic rings. The summed E-state index contributed by atoms with van der Waals surface area (Å²) in [5.74, 6) is 2.68. The predicted molar refractivity (Wildman–Crippen MR) is 102 cm³/mol. The third-order valence-electron chi connectivity index (χ3n) is 3.11. The number of nitrogens with zero attached hydrogens (tertiary/aromatic N) is 2. The van der Waals surface area contributed by atoms with Crippen LogP contribution < -0.4 is 10.6 Å². The first kappa shape index (κ1) is 19.0. The van der Waals surface area contributed by atoms with E-state index in [1.54, 1.807) is 18.4 Å². The highest BCUT2D eigenvalue weighted by Gasteiger charge is 2.06. The maximum absolute atomic E-state index is 5.51. The van der Waals surface area contributed by atoms with Crippen molar-refractivity contribution >= 4 is 41.3 Å². The fourth-order valence-electron chi connectivity index (χ4n) is 2.06. The van der Waals surface area contributed by atoms with E-state index < -0.39 is 0 Å². The second-order valence-corrected chi connectivity index (χ2v) is 6.22. The number of rotatable bonds is 5. The van der Waals surface area contributed by atoms with Crippen LogP contribution in [0.2, 0.25) is 0 Å². The zero-order valence-electron chi connectivity index (χ0n) is 13.4. The third kappa shape index (κ3) is 5.60. The molecule has 2 heterocycles. The van der Waals surface area contributed by atoms with Crippen LogP contribution in [0, 0.1) is 20.8 Å². The summed E-state index contributed by atoms with van der Waals surface area (Å²) in [6.07, 6.45) is 2.82. The molecular formula is C15H23IN4OS. The molecule has 22 heavy (non-hydrogen) atoms. The van der Waals surface area contributed by atoms with Gasteiger partial charge >= 0.3 is 0 Å². The number of aryl methyl sites for hydroxylation is 3. The lowest BCUT2D eigenvalue weighted by Gasteiger charge is -2.10. The fourth-order valence-corrected chi connectivity index (χ4v) is 2.85. The van der Waals surface area contributed by atoms with Crippen LogP contribution in [0.25, 0.3) is 0 Å². The van der Waals surface area contributed by atoms with Gasteiger partial charge in [-0.15, -0.1) is 35.3 Å². The molecule has 0 aliphatic heterocycles. The Morgan fingerprint density at radius 1 is 1.32 bits per heavy atom. The first-order chi connectivity index (χ1) is 10.1. The van der Waals surface area contributed by atoms with Gasteiger partial charge in [0.15, 0.2) is 5.96 Å². The van der Waals surface area contributed by atoms with Gasteiger partial charge in [0.1, 0.15) is 11.5 Å². The fraction of sp³-hybridized carbons (Fsp3) is 0.467. The van der Waals surface area contributed by atoms with Crippen molar-refractivity contribution in [1.82, 2.24) is 15.6 Å². The second kappa shape index (κ2) is 9.14. The van der Waals surface area contributed by atoms with Gasteiger partial charge < -0.3 is 15.1 Å². The lowest BCUT2D eigenvalue weighted by atomic mass is 10.2. The maximum Gasteiger partial charge on any atom is 0.191 e. The molecule has 0 fully saturated rings. The Balaban J connectivity index is 0.00000242. The second-order valence-electron chi connectivity index (χ2n) is 4.91. The summed E-state index contributed by atoms with van der Waals surface area (Å²) in [5, 5.41) is 7.74. The van der Waals surface area contributed by atoms with Gasteiger partial charge in [-0.1, -0.05) is 0 Å². The molecule has 2 aromatic rings. The molecule has 0 aromatic carbocycles. The molecule has 122 valence electrons. The van der Waals surface area contributed by atoms with Crippen LogP contribution in [-0.2, 0) is 13.0 Å². The SMILES string of the molecule is CN=C(NCCc1ncc(C)s1)NCc1cc(C)oc1C.I. The zero-order chi connectivity index (χ0) is 15.2. The van der Waals surface area contributed by atoms with Crippen LogP contribution in [0.3, 0.4) is 0 Å². The summed E-state index contributed by atoms with van der Waals surface area (Å²) in [7, 11) is 1.77. The topological polar surface area (TPSA) is 62.5 Å². The number of thiazole rings is 1. The van der Waals surface area contributed by atoms with E-state index in [4.69, 9.17) is 4.42 Å². The van der Waals surface area contributed by atoms with Crippen molar-refractivity contribution in [3.63, 3.8) is 0 Å². The minimum atomic E-state index is 0. The van der Waals surface area contributed by atoms with E-state index in [2.05, 4.69) is 27.5 Å². The first-order valence-electron chi connectivity index (χ1n) is 7.00. The van der Waals surface area contributed by atoms with Gasteiger partial charge in [0, 0.05) is 43.2 Å². The van der Waals surface area contributed by atoms with Crippen molar-refractivity contribution in [2.75, 3.05) is 13.6 Å². The Bertz CT molecular complexity index is 621. The largest absolute Gasteiger partial charge is 0.466 e. The Hall–Kier alpha value is -1.09. The highest BCUT2D eigenvalue weighted by atomic mass is 127. The molecule has 2 N–H and O–H groups in total. The molecule has 2 rings (SSSR count). The molecule has 0 aliphatic carbocycles. The number of guanidine groups is 1. The van der Waals surface area contributed by atoms with Gasteiger partial charge in [-0.2, -0.15) is 0 Å². The Labute approximate surface area is 152 Å². The van der Waals surface area contributed by atoms with Gasteiger partial charge in [-0.05, 0) is 26.8 Å². The van der Waals surface area contributed by atoms with E-state index >= 15 is 0 Å². The number of nitrogens with one attached hydrogen (secondary N) is 2. The standard InChI is InChI=1S/C15H22N4OS.HI/c1-10-7-13(12(3)20-10)9-19-15(16-4)17-6-5-14-18-8-11(2)21-14;/h7-8H,5-6,9H2,1-4H3,(H2,16,17,19);1H. The highest BCUT2D eigenvalue weighted by molar-refractivity contribution is 14.0. The van der Waals surface area contributed by atoms with E-state index in [-0.39, 0.29) is 24.0 Å². The zero-order valence-corrected chi connectivity index (χ0v) is 16.5. The Morgan fingerprint density at radius 3 is 2.64 bits per heavy atom. The maximum atomic E-state index is 5.51. The summed E-state index contributed by atoms with van der Waals surface area (Å²) >= 11 is 1.74. The van der Waals surface area contributed by atoms with Crippen molar-refractivity contribution in [1.29, 1.82) is 0 Å². The molecule has 0 radical (unpaired) electrons. The number of aliphatic imine (C=N–C) groups is 1. The quantitative estimate of drug-likeness (QED) is 0.431. The minimum absolute atomic E-state index is 0. The number of hydrogen-bond donors (Lipinski definition) is 2. The van der Waals surface area contributed by atoms with Crippen molar-refractivity contribution in [3.05, 3.63) is 39.2 Å². The summed E-state index contributed by atoms with van der Waals surface area (Å²) in [4.78, 5) is 9.82. The smallest absolute Gasteiger partial charge is 0.191 e. The van der Waals surface area contributed by atoms with E-state index in [0.29, 0.717) is 6.54 Å². The van der Waals surface area contributed by atoms with Crippen LogP contribution in [0.5, 0.6) is 0 Å². The minimum Gasteiger partial charge on any atom is -0.466 e. The van der Waals surface area contributed by atoms with E-state index in [1.807, 2.05) is 26.1 Å². The van der Waals surface area contributed by atoms with Crippen LogP contribution in [-0.4, -0.2) is 24.5 Å². The molecule has 5 nitrogen and oxygen atoms in total. The number of halogens is 1. The molecule has 2 aromatic heterocycles. The summed E-state index contributed by atoms with van der Waals surface area (Å²) in [6, 6.07) is 2.05. The van der Waals surface area contributed by atoms with Crippen molar-refractivity contribution in [2.24, 2.45) is 4.99 Å². The number of hydrogen-bond acceptors (Lipinski definition) is 4. The molecule has 0 amide bonds. The summed E-state index contributed by atoms with van der Waals surface area (Å²) in [6.45, 7) is 7.53. The molecule has 0 saturated heterocycles. The Morgan fingerprint density at radius 2 is 2.09 bits per heavy atom. The summed E-state index contributed by atoms with van der Waals surface area (Å²) in [5.41, 5.74) is 1.16. The molecule has 7 heteroatoms. The summed E-state index contributed by atoms with van der Waals surface area (Å²) < 4.78 is 5.51. The van der Waals surface area contributed by atoms with Crippen molar-refractivity contribution < 1.29 is 4.42 Å². The van der Waals surface area contributed by atoms with Gasteiger partial charge in [-0.25, -0.2) is 4.98 Å². The predicted octanol–water partition coefficient (Wildman–Crippen LogP) is 3.19. The molecule has 0 spiro atoms. The average Bonchev–Trinajstić information content (AvgIpc) is 2.99. The highest BCUT2D eigenvalue weighted by Crippen LogP contribution is 2.13. The van der Waals surface area contributed by atoms with Crippen LogP contribution in [0.1, 0.15) is 27.0 Å². The normalized spacial score (nSPS) is 11.2. The van der Waals surface area contributed by atoms with Gasteiger partial charge in [0.05, 0.1) is 5.01 Å². The molecule has 0 unspecified atom stereocenters. The number of aromatic nitrogens is 1. The molecule has 0 atom stereocenters.